The molecule has 0 unspecified atom stereocenters. The van der Waals surface area contributed by atoms with E-state index in [0.29, 0.717) is 5.75 Å². The number of carbonyl (C=O) groups is 1. The quantitative estimate of drug-likeness (QED) is 0.501. The Morgan fingerprint density at radius 1 is 1.62 bits per heavy atom. The molecule has 0 saturated heterocycles. The zero-order valence-corrected chi connectivity index (χ0v) is 9.08. The Morgan fingerprint density at radius 3 is 2.69 bits per heavy atom. The second-order valence-corrected chi connectivity index (χ2v) is 4.10. The van der Waals surface area contributed by atoms with Crippen LogP contribution in [0, 0.1) is 15.9 Å². The van der Waals surface area contributed by atoms with Gasteiger partial charge in [-0.05, 0) is 11.8 Å². The number of nitrogens with zero attached hydrogens (tertiary/aromatic N) is 1. The molecule has 0 radical (unpaired) electrons. The van der Waals surface area contributed by atoms with Crippen LogP contribution in [0.25, 0.3) is 0 Å². The first-order valence-electron chi connectivity index (χ1n) is 4.31. The molecular formula is C9H8FNO4S. The van der Waals surface area contributed by atoms with Gasteiger partial charge in [0.05, 0.1) is 9.82 Å². The first-order chi connectivity index (χ1) is 7.47. The lowest BCUT2D eigenvalue weighted by Crippen LogP contribution is -2.03. The smallest absolute Gasteiger partial charge is 0.338 e. The molecule has 0 bridgehead atoms. The van der Waals surface area contributed by atoms with E-state index < -0.39 is 22.3 Å². The summed E-state index contributed by atoms with van der Waals surface area (Å²) in [6.07, 6.45) is 0. The molecule has 0 aliphatic carbocycles. The number of nitro benzene ring substituents is 1. The van der Waals surface area contributed by atoms with Crippen molar-refractivity contribution in [2.75, 3.05) is 5.75 Å². The number of hydrogen-bond acceptors (Lipinski definition) is 4. The fraction of sp³-hybridized carbons (Fsp3) is 0.222. The van der Waals surface area contributed by atoms with Gasteiger partial charge in [-0.2, -0.15) is 0 Å². The molecule has 0 saturated carbocycles. The maximum atomic E-state index is 13.3. The average molecular weight is 245 g/mol. The summed E-state index contributed by atoms with van der Waals surface area (Å²) in [5.41, 5.74) is -1.07. The molecule has 16 heavy (non-hydrogen) atoms. The van der Waals surface area contributed by atoms with E-state index in [1.54, 1.807) is 6.92 Å². The van der Waals surface area contributed by atoms with Gasteiger partial charge in [0.2, 0.25) is 0 Å². The van der Waals surface area contributed by atoms with Crippen molar-refractivity contribution in [1.29, 1.82) is 0 Å². The van der Waals surface area contributed by atoms with Crippen molar-refractivity contribution in [3.05, 3.63) is 33.6 Å². The van der Waals surface area contributed by atoms with Crippen molar-refractivity contribution in [3.63, 3.8) is 0 Å². The summed E-state index contributed by atoms with van der Waals surface area (Å²) in [5, 5.41) is 19.3. The highest BCUT2D eigenvalue weighted by molar-refractivity contribution is 7.99. The molecule has 5 nitrogen and oxygen atoms in total. The monoisotopic (exact) mass is 245 g/mol. The lowest BCUT2D eigenvalue weighted by Gasteiger charge is -2.03. The van der Waals surface area contributed by atoms with E-state index in [2.05, 4.69) is 0 Å². The van der Waals surface area contributed by atoms with Gasteiger partial charge in [-0.15, -0.1) is 11.8 Å². The first-order valence-corrected chi connectivity index (χ1v) is 5.30. The van der Waals surface area contributed by atoms with Crippen LogP contribution in [0.2, 0.25) is 0 Å². The minimum atomic E-state index is -1.52. The Morgan fingerprint density at radius 2 is 2.25 bits per heavy atom. The highest BCUT2D eigenvalue weighted by atomic mass is 32.2. The number of rotatable bonds is 4. The number of benzene rings is 1. The lowest BCUT2D eigenvalue weighted by atomic mass is 10.2. The van der Waals surface area contributed by atoms with Gasteiger partial charge in [0.1, 0.15) is 11.4 Å². The first kappa shape index (κ1) is 12.4. The lowest BCUT2D eigenvalue weighted by molar-refractivity contribution is -0.387. The molecule has 0 heterocycles. The van der Waals surface area contributed by atoms with Crippen molar-refractivity contribution in [2.24, 2.45) is 0 Å². The van der Waals surface area contributed by atoms with Crippen LogP contribution in [0.1, 0.15) is 17.3 Å². The number of carboxylic acids is 1. The number of halogens is 1. The molecule has 1 aromatic rings. The highest BCUT2D eigenvalue weighted by Crippen LogP contribution is 2.31. The molecule has 0 aliphatic rings. The van der Waals surface area contributed by atoms with E-state index >= 15 is 0 Å². The number of hydrogen-bond donors (Lipinski definition) is 1. The van der Waals surface area contributed by atoms with E-state index in [1.807, 2.05) is 0 Å². The van der Waals surface area contributed by atoms with Gasteiger partial charge in [-0.3, -0.25) is 10.1 Å². The number of thioether (sulfide) groups is 1. The van der Waals surface area contributed by atoms with E-state index in [4.69, 9.17) is 5.11 Å². The fourth-order valence-corrected chi connectivity index (χ4v) is 1.90. The Balaban J connectivity index is 3.36. The van der Waals surface area contributed by atoms with Crippen LogP contribution in [0.3, 0.4) is 0 Å². The maximum absolute atomic E-state index is 13.3. The van der Waals surface area contributed by atoms with Gasteiger partial charge in [0, 0.05) is 6.07 Å². The van der Waals surface area contributed by atoms with Gasteiger partial charge < -0.3 is 5.11 Å². The highest BCUT2D eigenvalue weighted by Gasteiger charge is 2.21. The molecule has 0 aliphatic heterocycles. The third kappa shape index (κ3) is 2.48. The molecular weight excluding hydrogens is 237 g/mol. The Hall–Kier alpha value is -1.63. The minimum Gasteiger partial charge on any atom is -0.478 e. The molecule has 86 valence electrons. The molecule has 1 aromatic carbocycles. The minimum absolute atomic E-state index is 0.134. The predicted molar refractivity (Wildman–Crippen MR) is 56.4 cm³/mol. The summed E-state index contributed by atoms with van der Waals surface area (Å²) >= 11 is 1.09. The summed E-state index contributed by atoms with van der Waals surface area (Å²) in [6, 6.07) is 1.63. The third-order valence-electron chi connectivity index (χ3n) is 1.78. The van der Waals surface area contributed by atoms with E-state index in [-0.39, 0.29) is 10.6 Å². The summed E-state index contributed by atoms with van der Waals surface area (Å²) in [5.74, 6) is -1.95. The summed E-state index contributed by atoms with van der Waals surface area (Å²) in [4.78, 5) is 20.7. The van der Waals surface area contributed by atoms with Gasteiger partial charge in [-0.1, -0.05) is 6.92 Å². The fourth-order valence-electron chi connectivity index (χ4n) is 1.12. The normalized spacial score (nSPS) is 10.1. The van der Waals surface area contributed by atoms with Gasteiger partial charge in [-0.25, -0.2) is 9.18 Å². The van der Waals surface area contributed by atoms with Gasteiger partial charge in [0.15, 0.2) is 0 Å². The van der Waals surface area contributed by atoms with E-state index in [9.17, 15) is 19.3 Å². The van der Waals surface area contributed by atoms with Crippen LogP contribution < -0.4 is 0 Å². The summed E-state index contributed by atoms with van der Waals surface area (Å²) in [6.45, 7) is 1.76. The zero-order valence-electron chi connectivity index (χ0n) is 8.27. The maximum Gasteiger partial charge on any atom is 0.338 e. The molecule has 7 heteroatoms. The average Bonchev–Trinajstić information content (AvgIpc) is 2.17. The second kappa shape index (κ2) is 4.93. The third-order valence-corrected chi connectivity index (χ3v) is 2.70. The Bertz CT molecular complexity index is 449. The van der Waals surface area contributed by atoms with Gasteiger partial charge >= 0.3 is 5.97 Å². The topological polar surface area (TPSA) is 80.4 Å². The standard InChI is InChI=1S/C9H8FNO4S/c1-2-16-8-4-6(10)5(9(12)13)3-7(8)11(14)15/h3-4H,2H2,1H3,(H,12,13). The molecule has 0 spiro atoms. The van der Waals surface area contributed by atoms with Crippen molar-refractivity contribution in [3.8, 4) is 0 Å². The van der Waals surface area contributed by atoms with Crippen LogP contribution in [0.4, 0.5) is 10.1 Å². The van der Waals surface area contributed by atoms with Crippen LogP contribution >= 0.6 is 11.8 Å². The molecule has 0 atom stereocenters. The number of nitro groups is 1. The molecule has 0 amide bonds. The van der Waals surface area contributed by atoms with Crippen LogP contribution in [0.15, 0.2) is 17.0 Å². The van der Waals surface area contributed by atoms with Crippen LogP contribution in [-0.2, 0) is 0 Å². The Kier molecular flexibility index (Phi) is 3.83. The Labute approximate surface area is 94.4 Å². The predicted octanol–water partition coefficient (Wildman–Crippen LogP) is 2.54. The molecule has 1 N–H and O–H groups in total. The summed E-state index contributed by atoms with van der Waals surface area (Å²) in [7, 11) is 0. The van der Waals surface area contributed by atoms with Crippen molar-refractivity contribution in [2.45, 2.75) is 11.8 Å². The van der Waals surface area contributed by atoms with Crippen molar-refractivity contribution >= 4 is 23.4 Å². The number of aromatic carboxylic acids is 1. The van der Waals surface area contributed by atoms with Crippen LogP contribution in [0.5, 0.6) is 0 Å². The van der Waals surface area contributed by atoms with Gasteiger partial charge in [0.25, 0.3) is 5.69 Å². The number of carboxylic acid groups (broad SMARTS) is 1. The molecule has 0 fully saturated rings. The second-order valence-electron chi connectivity index (χ2n) is 2.80. The SMILES string of the molecule is CCSc1cc(F)c(C(=O)O)cc1[N+](=O)[O-]. The van der Waals surface area contributed by atoms with Crippen LogP contribution in [-0.4, -0.2) is 21.8 Å². The largest absolute Gasteiger partial charge is 0.478 e. The van der Waals surface area contributed by atoms with Crippen molar-refractivity contribution < 1.29 is 19.2 Å². The van der Waals surface area contributed by atoms with E-state index in [1.165, 1.54) is 0 Å². The summed E-state index contributed by atoms with van der Waals surface area (Å²) < 4.78 is 13.3. The van der Waals surface area contributed by atoms with Crippen molar-refractivity contribution in [1.82, 2.24) is 0 Å². The molecule has 1 rings (SSSR count). The zero-order chi connectivity index (χ0) is 12.3. The molecule has 0 aromatic heterocycles. The van der Waals surface area contributed by atoms with E-state index in [0.717, 1.165) is 23.9 Å².